The van der Waals surface area contributed by atoms with Crippen LogP contribution in [0.25, 0.3) is 0 Å². The van der Waals surface area contributed by atoms with Gasteiger partial charge in [0.15, 0.2) is 0 Å². The Balaban J connectivity index is 2.68. The van der Waals surface area contributed by atoms with Crippen LogP contribution in [0.3, 0.4) is 0 Å². The maximum atomic E-state index is 11.8. The van der Waals surface area contributed by atoms with E-state index in [2.05, 4.69) is 13.8 Å². The number of hydrogen-bond acceptors (Lipinski definition) is 2. The summed E-state index contributed by atoms with van der Waals surface area (Å²) < 4.78 is 11.8. The van der Waals surface area contributed by atoms with Crippen molar-refractivity contribution in [2.45, 2.75) is 26.0 Å². The second-order valence-electron chi connectivity index (χ2n) is 4.43. The molecule has 0 radical (unpaired) electrons. The highest BCUT2D eigenvalue weighted by atomic mass is 32.2. The van der Waals surface area contributed by atoms with Crippen LogP contribution in [0.2, 0.25) is 0 Å². The van der Waals surface area contributed by atoms with E-state index in [0.717, 1.165) is 6.42 Å². The highest BCUT2D eigenvalue weighted by Gasteiger charge is 2.11. The van der Waals surface area contributed by atoms with E-state index in [0.29, 0.717) is 23.0 Å². The molecule has 0 heterocycles. The minimum Gasteiger partial charge on any atom is -0.478 e. The molecule has 17 heavy (non-hydrogen) atoms. The van der Waals surface area contributed by atoms with E-state index < -0.39 is 16.8 Å². The largest absolute Gasteiger partial charge is 0.478 e. The molecule has 0 saturated carbocycles. The van der Waals surface area contributed by atoms with E-state index >= 15 is 0 Å². The van der Waals surface area contributed by atoms with Gasteiger partial charge in [-0.1, -0.05) is 32.0 Å². The average molecular weight is 254 g/mol. The van der Waals surface area contributed by atoms with Crippen molar-refractivity contribution in [2.24, 2.45) is 5.92 Å². The third kappa shape index (κ3) is 4.69. The number of carbonyl (C=O) groups is 1. The molecule has 94 valence electrons. The fraction of sp³-hybridized carbons (Fsp3) is 0.462. The van der Waals surface area contributed by atoms with E-state index in [-0.39, 0.29) is 5.56 Å². The van der Waals surface area contributed by atoms with Gasteiger partial charge in [-0.2, -0.15) is 0 Å². The highest BCUT2D eigenvalue weighted by Crippen LogP contribution is 2.12. The van der Waals surface area contributed by atoms with Gasteiger partial charge in [0.1, 0.15) is 0 Å². The van der Waals surface area contributed by atoms with E-state index in [4.69, 9.17) is 5.11 Å². The summed E-state index contributed by atoms with van der Waals surface area (Å²) in [5.74, 6) is 0.524. The lowest BCUT2D eigenvalue weighted by Gasteiger charge is -2.07. The molecule has 0 bridgehead atoms. The minimum atomic E-state index is -0.982. The normalized spacial score (nSPS) is 12.6. The molecule has 0 fully saturated rings. The van der Waals surface area contributed by atoms with Crippen molar-refractivity contribution < 1.29 is 14.1 Å². The predicted molar refractivity (Wildman–Crippen MR) is 69.6 cm³/mol. The maximum absolute atomic E-state index is 11.8. The number of hydrogen-bond donors (Lipinski definition) is 1. The Morgan fingerprint density at radius 2 is 2.00 bits per heavy atom. The molecule has 0 aromatic heterocycles. The number of benzene rings is 1. The third-order valence-electron chi connectivity index (χ3n) is 2.49. The zero-order valence-electron chi connectivity index (χ0n) is 10.2. The first-order valence-corrected chi connectivity index (χ1v) is 7.15. The van der Waals surface area contributed by atoms with Crippen LogP contribution in [0.1, 0.15) is 36.2 Å². The minimum absolute atomic E-state index is 0.255. The van der Waals surface area contributed by atoms with Crippen LogP contribution in [0.4, 0.5) is 0 Å². The molecular weight excluding hydrogens is 236 g/mol. The van der Waals surface area contributed by atoms with Crippen LogP contribution >= 0.6 is 0 Å². The highest BCUT2D eigenvalue weighted by molar-refractivity contribution is 7.84. The molecule has 0 spiro atoms. The smallest absolute Gasteiger partial charge is 0.335 e. The summed E-state index contributed by atoms with van der Waals surface area (Å²) in [6.45, 7) is 4.17. The molecule has 1 unspecified atom stereocenters. The lowest BCUT2D eigenvalue weighted by Crippen LogP contribution is -2.08. The van der Waals surface area contributed by atoms with Crippen molar-refractivity contribution in [1.82, 2.24) is 0 Å². The molecule has 0 aliphatic carbocycles. The van der Waals surface area contributed by atoms with E-state index in [9.17, 15) is 9.00 Å². The summed E-state index contributed by atoms with van der Waals surface area (Å²) in [5, 5.41) is 9.00. The standard InChI is InChI=1S/C13H18O3S/c1-10(2)7-8-17(16)9-11-5-3-4-6-12(11)13(14)15/h3-6,10H,7-9H2,1-2H3,(H,14,15). The first-order valence-electron chi connectivity index (χ1n) is 5.67. The summed E-state index contributed by atoms with van der Waals surface area (Å²) in [6, 6.07) is 6.75. The number of rotatable bonds is 6. The molecule has 0 saturated heterocycles. The van der Waals surface area contributed by atoms with Crippen LogP contribution in [-0.4, -0.2) is 21.0 Å². The Bertz CT molecular complexity index is 413. The van der Waals surface area contributed by atoms with Gasteiger partial charge in [-0.15, -0.1) is 0 Å². The van der Waals surface area contributed by atoms with Crippen LogP contribution in [0.5, 0.6) is 0 Å². The van der Waals surface area contributed by atoms with E-state index in [1.807, 2.05) is 0 Å². The molecule has 1 N–H and O–H groups in total. The molecule has 1 aromatic carbocycles. The lowest BCUT2D eigenvalue weighted by atomic mass is 10.1. The zero-order chi connectivity index (χ0) is 12.8. The number of carboxylic acids is 1. The fourth-order valence-corrected chi connectivity index (χ4v) is 2.94. The Kier molecular flexibility index (Phi) is 5.35. The van der Waals surface area contributed by atoms with Crippen LogP contribution < -0.4 is 0 Å². The van der Waals surface area contributed by atoms with E-state index in [1.54, 1.807) is 24.3 Å². The van der Waals surface area contributed by atoms with Crippen LogP contribution in [0.15, 0.2) is 24.3 Å². The number of aromatic carboxylic acids is 1. The quantitative estimate of drug-likeness (QED) is 0.849. The molecule has 1 aromatic rings. The summed E-state index contributed by atoms with van der Waals surface area (Å²) in [4.78, 5) is 11.0. The SMILES string of the molecule is CC(C)CCS(=O)Cc1ccccc1C(=O)O. The summed E-state index contributed by atoms with van der Waals surface area (Å²) in [7, 11) is -0.982. The summed E-state index contributed by atoms with van der Waals surface area (Å²) in [5.41, 5.74) is 0.910. The second kappa shape index (κ2) is 6.55. The number of carboxylic acid groups (broad SMARTS) is 1. The molecule has 0 aliphatic heterocycles. The topological polar surface area (TPSA) is 54.4 Å². The maximum Gasteiger partial charge on any atom is 0.335 e. The van der Waals surface area contributed by atoms with Crippen LogP contribution in [-0.2, 0) is 16.6 Å². The van der Waals surface area contributed by atoms with Gasteiger partial charge in [0.2, 0.25) is 0 Å². The van der Waals surface area contributed by atoms with Gasteiger partial charge in [0.05, 0.1) is 5.56 Å². The Labute approximate surface area is 104 Å². The monoisotopic (exact) mass is 254 g/mol. The van der Waals surface area contributed by atoms with Crippen molar-refractivity contribution in [3.05, 3.63) is 35.4 Å². The lowest BCUT2D eigenvalue weighted by molar-refractivity contribution is 0.0696. The van der Waals surface area contributed by atoms with Gasteiger partial charge in [-0.05, 0) is 24.0 Å². The predicted octanol–water partition coefficient (Wildman–Crippen LogP) is 2.68. The second-order valence-corrected chi connectivity index (χ2v) is 6.01. The van der Waals surface area contributed by atoms with E-state index in [1.165, 1.54) is 0 Å². The van der Waals surface area contributed by atoms with Crippen molar-refractivity contribution in [2.75, 3.05) is 5.75 Å². The molecule has 4 heteroatoms. The van der Waals surface area contributed by atoms with Crippen molar-refractivity contribution >= 4 is 16.8 Å². The van der Waals surface area contributed by atoms with Gasteiger partial charge in [-0.25, -0.2) is 4.79 Å². The van der Waals surface area contributed by atoms with Gasteiger partial charge in [-0.3, -0.25) is 4.21 Å². The zero-order valence-corrected chi connectivity index (χ0v) is 11.0. The Morgan fingerprint density at radius 3 is 2.59 bits per heavy atom. The Hall–Kier alpha value is -1.16. The van der Waals surface area contributed by atoms with Gasteiger partial charge < -0.3 is 5.11 Å². The molecule has 3 nitrogen and oxygen atoms in total. The van der Waals surface area contributed by atoms with Gasteiger partial charge >= 0.3 is 5.97 Å². The first-order chi connectivity index (χ1) is 8.00. The molecule has 1 rings (SSSR count). The molecule has 0 amide bonds. The summed E-state index contributed by atoms with van der Waals surface area (Å²) in [6.07, 6.45) is 0.905. The molecular formula is C13H18O3S. The fourth-order valence-electron chi connectivity index (χ4n) is 1.47. The average Bonchev–Trinajstić information content (AvgIpc) is 2.27. The molecule has 0 aliphatic rings. The van der Waals surface area contributed by atoms with Crippen molar-refractivity contribution in [1.29, 1.82) is 0 Å². The first kappa shape index (κ1) is 13.9. The van der Waals surface area contributed by atoms with Crippen molar-refractivity contribution in [3.8, 4) is 0 Å². The van der Waals surface area contributed by atoms with Gasteiger partial charge in [0.25, 0.3) is 0 Å². The van der Waals surface area contributed by atoms with Crippen LogP contribution in [0, 0.1) is 5.92 Å². The summed E-state index contributed by atoms with van der Waals surface area (Å²) >= 11 is 0. The third-order valence-corrected chi connectivity index (χ3v) is 3.81. The van der Waals surface area contributed by atoms with Crippen molar-refractivity contribution in [3.63, 3.8) is 0 Å². The Morgan fingerprint density at radius 1 is 1.35 bits per heavy atom. The molecule has 1 atom stereocenters. The van der Waals surface area contributed by atoms with Gasteiger partial charge in [0, 0.05) is 22.3 Å².